The van der Waals surface area contributed by atoms with Gasteiger partial charge in [-0.2, -0.15) is 5.26 Å². The summed E-state index contributed by atoms with van der Waals surface area (Å²) in [6, 6.07) is 4.31. The predicted octanol–water partition coefficient (Wildman–Crippen LogP) is 3.02. The molecule has 1 unspecified atom stereocenters. The summed E-state index contributed by atoms with van der Waals surface area (Å²) < 4.78 is 0. The van der Waals surface area contributed by atoms with Gasteiger partial charge in [0.25, 0.3) is 0 Å². The van der Waals surface area contributed by atoms with Gasteiger partial charge in [-0.15, -0.1) is 11.8 Å². The molecule has 0 radical (unpaired) electrons. The lowest BCUT2D eigenvalue weighted by Gasteiger charge is -2.22. The largest absolute Gasteiger partial charge is 0.300 e. The number of hydrogen-bond acceptors (Lipinski definition) is 5. The molecular weight excluding hydrogens is 256 g/mol. The van der Waals surface area contributed by atoms with Crippen LogP contribution in [0.2, 0.25) is 0 Å². The van der Waals surface area contributed by atoms with Crippen LogP contribution in [0.25, 0.3) is 0 Å². The van der Waals surface area contributed by atoms with Crippen molar-refractivity contribution >= 4 is 11.8 Å². The molecule has 1 rings (SSSR count). The van der Waals surface area contributed by atoms with Crippen molar-refractivity contribution in [3.63, 3.8) is 0 Å². The molecule has 0 aliphatic carbocycles. The lowest BCUT2D eigenvalue weighted by molar-refractivity contribution is 0.406. The first kappa shape index (κ1) is 15.9. The molecule has 5 heteroatoms. The second-order valence-electron chi connectivity index (χ2n) is 4.72. The normalized spacial score (nSPS) is 13.7. The average Bonchev–Trinajstić information content (AvgIpc) is 2.46. The molecule has 104 valence electrons. The van der Waals surface area contributed by atoms with E-state index in [0.717, 1.165) is 43.0 Å². The number of nitrogens with zero attached hydrogens (tertiary/aromatic N) is 3. The smallest absolute Gasteiger partial charge is 0.116 e. The van der Waals surface area contributed by atoms with E-state index >= 15 is 0 Å². The molecule has 0 saturated carbocycles. The van der Waals surface area contributed by atoms with Gasteiger partial charge in [0.2, 0.25) is 0 Å². The minimum Gasteiger partial charge on any atom is -0.300 e. The van der Waals surface area contributed by atoms with E-state index in [1.165, 1.54) is 0 Å². The number of nitriles is 1. The van der Waals surface area contributed by atoms with Crippen LogP contribution in [0.5, 0.6) is 0 Å². The van der Waals surface area contributed by atoms with E-state index in [0.29, 0.717) is 0 Å². The highest BCUT2D eigenvalue weighted by atomic mass is 32.2. The van der Waals surface area contributed by atoms with Crippen LogP contribution in [-0.2, 0) is 0 Å². The molecule has 0 fully saturated rings. The Hall–Kier alpha value is -1.12. The van der Waals surface area contributed by atoms with Crippen molar-refractivity contribution in [1.29, 1.82) is 5.26 Å². The molecule has 0 bridgehead atoms. The number of rotatable bonds is 9. The molecule has 0 aromatic carbocycles. The van der Waals surface area contributed by atoms with Gasteiger partial charge in [-0.25, -0.2) is 9.97 Å². The minimum atomic E-state index is -0.379. The molecule has 19 heavy (non-hydrogen) atoms. The molecule has 1 atom stereocenters. The number of unbranched alkanes of at least 4 members (excludes halogenated alkanes) is 1. The zero-order chi connectivity index (χ0) is 14.0. The molecule has 1 aromatic rings. The second-order valence-corrected chi connectivity index (χ2v) is 5.84. The standard InChI is InChI=1S/C14H22N4S/c1-3-8-18-14(2,11-15)7-4-5-10-19-13-6-9-16-12-17-13/h6,9,12,18H,3-5,7-8,10H2,1-2H3. The maximum absolute atomic E-state index is 9.21. The molecule has 1 aromatic heterocycles. The van der Waals surface area contributed by atoms with Crippen LogP contribution in [0.3, 0.4) is 0 Å². The van der Waals surface area contributed by atoms with Gasteiger partial charge < -0.3 is 0 Å². The highest BCUT2D eigenvalue weighted by Gasteiger charge is 2.21. The first-order valence-corrected chi connectivity index (χ1v) is 7.74. The predicted molar refractivity (Wildman–Crippen MR) is 78.9 cm³/mol. The van der Waals surface area contributed by atoms with Gasteiger partial charge in [-0.05, 0) is 51.0 Å². The van der Waals surface area contributed by atoms with Crippen molar-refractivity contribution in [1.82, 2.24) is 15.3 Å². The Balaban J connectivity index is 2.17. The summed E-state index contributed by atoms with van der Waals surface area (Å²) in [6.45, 7) is 5.00. The zero-order valence-corrected chi connectivity index (χ0v) is 12.5. The van der Waals surface area contributed by atoms with Crippen molar-refractivity contribution in [3.05, 3.63) is 18.6 Å². The van der Waals surface area contributed by atoms with E-state index in [-0.39, 0.29) is 5.54 Å². The molecule has 0 amide bonds. The van der Waals surface area contributed by atoms with Gasteiger partial charge in [-0.3, -0.25) is 5.32 Å². The molecule has 1 heterocycles. The van der Waals surface area contributed by atoms with Gasteiger partial charge in [-0.1, -0.05) is 6.92 Å². The van der Waals surface area contributed by atoms with Gasteiger partial charge in [0, 0.05) is 6.20 Å². The van der Waals surface area contributed by atoms with Crippen LogP contribution in [0.4, 0.5) is 0 Å². The Bertz CT molecular complexity index is 390. The summed E-state index contributed by atoms with van der Waals surface area (Å²) in [4.78, 5) is 8.06. The monoisotopic (exact) mass is 278 g/mol. The topological polar surface area (TPSA) is 61.6 Å². The first-order valence-electron chi connectivity index (χ1n) is 6.75. The third kappa shape index (κ3) is 6.55. The van der Waals surface area contributed by atoms with Gasteiger partial charge in [0.1, 0.15) is 11.9 Å². The van der Waals surface area contributed by atoms with Crippen molar-refractivity contribution in [2.24, 2.45) is 0 Å². The lowest BCUT2D eigenvalue weighted by atomic mass is 9.96. The van der Waals surface area contributed by atoms with Crippen molar-refractivity contribution < 1.29 is 0 Å². The Morgan fingerprint density at radius 2 is 2.32 bits per heavy atom. The summed E-state index contributed by atoms with van der Waals surface area (Å²) in [5.74, 6) is 1.03. The van der Waals surface area contributed by atoms with Crippen LogP contribution in [-0.4, -0.2) is 27.8 Å². The zero-order valence-electron chi connectivity index (χ0n) is 11.7. The summed E-state index contributed by atoms with van der Waals surface area (Å²) in [5.41, 5.74) is -0.379. The molecule has 0 saturated heterocycles. The SMILES string of the molecule is CCCNC(C)(C#N)CCCCSc1ccncn1. The number of hydrogen-bond donors (Lipinski definition) is 1. The third-order valence-corrected chi connectivity index (χ3v) is 3.92. The van der Waals surface area contributed by atoms with Crippen LogP contribution in [0.1, 0.15) is 39.5 Å². The van der Waals surface area contributed by atoms with Gasteiger partial charge in [0.05, 0.1) is 11.1 Å². The Morgan fingerprint density at radius 3 is 2.95 bits per heavy atom. The van der Waals surface area contributed by atoms with Crippen LogP contribution in [0.15, 0.2) is 23.6 Å². The van der Waals surface area contributed by atoms with Crippen molar-refractivity contribution in [2.45, 2.75) is 50.1 Å². The van der Waals surface area contributed by atoms with Gasteiger partial charge in [0.15, 0.2) is 0 Å². The number of nitrogens with one attached hydrogen (secondary N) is 1. The maximum atomic E-state index is 9.21. The average molecular weight is 278 g/mol. The van der Waals surface area contributed by atoms with E-state index in [2.05, 4.69) is 28.3 Å². The molecule has 0 aliphatic rings. The van der Waals surface area contributed by atoms with Crippen LogP contribution >= 0.6 is 11.8 Å². The molecule has 1 N–H and O–H groups in total. The molecule has 4 nitrogen and oxygen atoms in total. The highest BCUT2D eigenvalue weighted by Crippen LogP contribution is 2.18. The molecule has 0 spiro atoms. The summed E-state index contributed by atoms with van der Waals surface area (Å²) in [7, 11) is 0. The minimum absolute atomic E-state index is 0.379. The van der Waals surface area contributed by atoms with E-state index in [1.807, 2.05) is 13.0 Å². The molecule has 0 aliphatic heterocycles. The second kappa shape index (κ2) is 8.89. The van der Waals surface area contributed by atoms with E-state index < -0.39 is 0 Å². The number of aromatic nitrogens is 2. The number of thioether (sulfide) groups is 1. The highest BCUT2D eigenvalue weighted by molar-refractivity contribution is 7.99. The fourth-order valence-corrected chi connectivity index (χ4v) is 2.54. The lowest BCUT2D eigenvalue weighted by Crippen LogP contribution is -2.41. The van der Waals surface area contributed by atoms with E-state index in [1.54, 1.807) is 24.3 Å². The van der Waals surface area contributed by atoms with E-state index in [4.69, 9.17) is 0 Å². The fraction of sp³-hybridized carbons (Fsp3) is 0.643. The van der Waals surface area contributed by atoms with Crippen molar-refractivity contribution in [3.8, 4) is 6.07 Å². The summed E-state index contributed by atoms with van der Waals surface area (Å²) in [5, 5.41) is 13.5. The van der Waals surface area contributed by atoms with Crippen LogP contribution in [0, 0.1) is 11.3 Å². The fourth-order valence-electron chi connectivity index (χ4n) is 1.71. The van der Waals surface area contributed by atoms with E-state index in [9.17, 15) is 5.26 Å². The third-order valence-electron chi connectivity index (χ3n) is 2.89. The maximum Gasteiger partial charge on any atom is 0.116 e. The Kier molecular flexibility index (Phi) is 7.46. The van der Waals surface area contributed by atoms with Gasteiger partial charge >= 0.3 is 0 Å². The quantitative estimate of drug-likeness (QED) is 0.427. The van der Waals surface area contributed by atoms with Crippen LogP contribution < -0.4 is 5.32 Å². The molecular formula is C14H22N4S. The first-order chi connectivity index (χ1) is 9.20. The Labute approximate surface area is 120 Å². The summed E-state index contributed by atoms with van der Waals surface area (Å²) in [6.07, 6.45) is 7.44. The summed E-state index contributed by atoms with van der Waals surface area (Å²) >= 11 is 1.74. The van der Waals surface area contributed by atoms with Crippen molar-refractivity contribution in [2.75, 3.05) is 12.3 Å². The Morgan fingerprint density at radius 1 is 1.47 bits per heavy atom.